The number of carbonyl (C=O) groups excluding carboxylic acids is 2. The zero-order valence-corrected chi connectivity index (χ0v) is 16.1. The molecular weight excluding hydrogens is 393 g/mol. The zero-order valence-electron chi connectivity index (χ0n) is 16.1. The molecule has 0 radical (unpaired) electrons. The summed E-state index contributed by atoms with van der Waals surface area (Å²) in [5.41, 5.74) is 7.53. The van der Waals surface area contributed by atoms with Crippen LogP contribution in [0.3, 0.4) is 0 Å². The van der Waals surface area contributed by atoms with Gasteiger partial charge < -0.3 is 25.8 Å². The highest BCUT2D eigenvalue weighted by atomic mass is 19.1. The lowest BCUT2D eigenvalue weighted by Crippen LogP contribution is -2.09. The molecule has 0 aliphatic carbocycles. The van der Waals surface area contributed by atoms with Gasteiger partial charge in [0.2, 0.25) is 0 Å². The number of hydrogen-bond acceptors (Lipinski definition) is 9. The van der Waals surface area contributed by atoms with Gasteiger partial charge in [0.05, 0.1) is 25.3 Å². The first-order chi connectivity index (χ1) is 14.4. The molecule has 30 heavy (non-hydrogen) atoms. The van der Waals surface area contributed by atoms with Gasteiger partial charge in [-0.05, 0) is 42.5 Å². The van der Waals surface area contributed by atoms with Gasteiger partial charge in [0, 0.05) is 11.4 Å². The molecule has 1 heterocycles. The molecule has 0 saturated heterocycles. The number of nitrogens with one attached hydrogen (secondary N) is 2. The highest BCUT2D eigenvalue weighted by Crippen LogP contribution is 2.29. The number of carbonyl (C=O) groups is 2. The highest BCUT2D eigenvalue weighted by Gasteiger charge is 2.15. The average molecular weight is 411 g/mol. The third kappa shape index (κ3) is 4.61. The molecule has 0 fully saturated rings. The van der Waals surface area contributed by atoms with Crippen LogP contribution in [0.2, 0.25) is 0 Å². The van der Waals surface area contributed by atoms with Crippen molar-refractivity contribution in [2.45, 2.75) is 0 Å². The summed E-state index contributed by atoms with van der Waals surface area (Å²) in [7, 11) is 2.46. The van der Waals surface area contributed by atoms with Crippen LogP contribution in [-0.4, -0.2) is 36.1 Å². The maximum Gasteiger partial charge on any atom is 0.337 e. The Kier molecular flexibility index (Phi) is 6.06. The molecule has 2 aromatic carbocycles. The Morgan fingerprint density at radius 3 is 1.87 bits per heavy atom. The van der Waals surface area contributed by atoms with Gasteiger partial charge in [0.1, 0.15) is 17.8 Å². The maximum atomic E-state index is 13.1. The molecule has 0 unspecified atom stereocenters. The van der Waals surface area contributed by atoms with Crippen LogP contribution < -0.4 is 16.4 Å². The van der Waals surface area contributed by atoms with Crippen molar-refractivity contribution in [3.05, 3.63) is 65.7 Å². The van der Waals surface area contributed by atoms with E-state index in [-0.39, 0.29) is 34.3 Å². The molecule has 4 N–H and O–H groups in total. The number of rotatable bonds is 6. The molecule has 0 bridgehead atoms. The number of nitrogens with two attached hydrogens (primary N) is 1. The normalized spacial score (nSPS) is 10.2. The summed E-state index contributed by atoms with van der Waals surface area (Å²) in [4.78, 5) is 32.1. The van der Waals surface area contributed by atoms with Crippen LogP contribution in [0.5, 0.6) is 0 Å². The predicted molar refractivity (Wildman–Crippen MR) is 109 cm³/mol. The van der Waals surface area contributed by atoms with Crippen molar-refractivity contribution in [1.82, 2.24) is 9.97 Å². The van der Waals surface area contributed by atoms with Gasteiger partial charge in [0.25, 0.3) is 0 Å². The summed E-state index contributed by atoms with van der Waals surface area (Å²) in [6, 6.07) is 9.98. The van der Waals surface area contributed by atoms with Gasteiger partial charge >= 0.3 is 11.9 Å². The van der Waals surface area contributed by atoms with Crippen LogP contribution in [0.25, 0.3) is 0 Å². The second-order valence-electron chi connectivity index (χ2n) is 6.02. The van der Waals surface area contributed by atoms with E-state index in [2.05, 4.69) is 20.6 Å². The molecular formula is C20H18FN5O4. The summed E-state index contributed by atoms with van der Waals surface area (Å²) >= 11 is 0. The summed E-state index contributed by atoms with van der Waals surface area (Å²) in [6.45, 7) is 0. The fourth-order valence-electron chi connectivity index (χ4n) is 2.57. The van der Waals surface area contributed by atoms with E-state index < -0.39 is 11.9 Å². The molecule has 3 rings (SSSR count). The Hall–Kier alpha value is -4.21. The third-order valence-electron chi connectivity index (χ3n) is 4.03. The van der Waals surface area contributed by atoms with E-state index in [0.29, 0.717) is 11.4 Å². The number of methoxy groups -OCH3 is 2. The summed E-state index contributed by atoms with van der Waals surface area (Å²) < 4.78 is 22.5. The number of benzene rings is 2. The van der Waals surface area contributed by atoms with Crippen LogP contribution in [0.4, 0.5) is 33.1 Å². The number of ether oxygens (including phenoxy) is 2. The molecule has 1 aromatic heterocycles. The van der Waals surface area contributed by atoms with Crippen molar-refractivity contribution >= 4 is 40.6 Å². The smallest absolute Gasteiger partial charge is 0.337 e. The van der Waals surface area contributed by atoms with Crippen molar-refractivity contribution < 1.29 is 23.5 Å². The van der Waals surface area contributed by atoms with Crippen LogP contribution in [0.1, 0.15) is 20.7 Å². The minimum atomic E-state index is -0.627. The van der Waals surface area contributed by atoms with E-state index in [9.17, 15) is 14.0 Å². The third-order valence-corrected chi connectivity index (χ3v) is 4.03. The summed E-state index contributed by atoms with van der Waals surface area (Å²) in [6.07, 6.45) is 1.27. The van der Waals surface area contributed by atoms with E-state index in [1.165, 1.54) is 63.0 Å². The molecule has 9 nitrogen and oxygen atoms in total. The first kappa shape index (κ1) is 20.5. The minimum absolute atomic E-state index is 0.139. The second kappa shape index (κ2) is 8.86. The van der Waals surface area contributed by atoms with Crippen molar-refractivity contribution in [1.29, 1.82) is 0 Å². The number of esters is 2. The highest BCUT2D eigenvalue weighted by molar-refractivity contribution is 5.97. The largest absolute Gasteiger partial charge is 0.465 e. The Labute approximate surface area is 171 Å². The summed E-state index contributed by atoms with van der Waals surface area (Å²) in [5, 5.41) is 5.93. The average Bonchev–Trinajstić information content (AvgIpc) is 2.76. The van der Waals surface area contributed by atoms with Crippen molar-refractivity contribution in [3.8, 4) is 0 Å². The van der Waals surface area contributed by atoms with Gasteiger partial charge in [0.15, 0.2) is 11.6 Å². The molecule has 0 aliphatic heterocycles. The maximum absolute atomic E-state index is 13.1. The van der Waals surface area contributed by atoms with Gasteiger partial charge in [-0.2, -0.15) is 0 Å². The summed E-state index contributed by atoms with van der Waals surface area (Å²) in [5.74, 6) is -1.11. The number of aromatic nitrogens is 2. The van der Waals surface area contributed by atoms with E-state index in [0.717, 1.165) is 0 Å². The number of halogens is 1. The van der Waals surface area contributed by atoms with Crippen LogP contribution >= 0.6 is 0 Å². The quantitative estimate of drug-likeness (QED) is 0.523. The van der Waals surface area contributed by atoms with Crippen LogP contribution in [-0.2, 0) is 9.47 Å². The van der Waals surface area contributed by atoms with Gasteiger partial charge in [-0.25, -0.2) is 23.9 Å². The van der Waals surface area contributed by atoms with Crippen molar-refractivity contribution in [3.63, 3.8) is 0 Å². The van der Waals surface area contributed by atoms with Gasteiger partial charge in [-0.15, -0.1) is 0 Å². The monoisotopic (exact) mass is 411 g/mol. The Morgan fingerprint density at radius 1 is 0.867 bits per heavy atom. The SMILES string of the molecule is COC(=O)c1cc(Nc2ncnc(Nc3ccc(F)cc3)c2N)cc(C(=O)OC)c1. The first-order valence-corrected chi connectivity index (χ1v) is 8.63. The van der Waals surface area contributed by atoms with E-state index in [1.807, 2.05) is 0 Å². The number of nitrogen functional groups attached to an aromatic ring is 1. The van der Waals surface area contributed by atoms with Gasteiger partial charge in [-0.3, -0.25) is 0 Å². The molecule has 0 amide bonds. The topological polar surface area (TPSA) is 128 Å². The molecule has 0 saturated carbocycles. The predicted octanol–water partition coefficient (Wildman–Crippen LogP) is 3.26. The fraction of sp³-hybridized carbons (Fsp3) is 0.100. The molecule has 3 aromatic rings. The van der Waals surface area contributed by atoms with Crippen LogP contribution in [0.15, 0.2) is 48.8 Å². The lowest BCUT2D eigenvalue weighted by molar-refractivity contribution is 0.0599. The first-order valence-electron chi connectivity index (χ1n) is 8.63. The molecule has 0 spiro atoms. The number of anilines is 5. The van der Waals surface area contributed by atoms with Gasteiger partial charge in [-0.1, -0.05) is 0 Å². The standard InChI is InChI=1S/C20H18FN5O4/c1-29-19(27)11-7-12(20(28)30-2)9-15(8-11)26-18-16(22)17(23-10-24-18)25-14-5-3-13(21)4-6-14/h3-10H,22H2,1-2H3,(H2,23,24,25,26). The number of hydrogen-bond donors (Lipinski definition) is 3. The zero-order chi connectivity index (χ0) is 21.7. The Balaban J connectivity index is 1.93. The Bertz CT molecular complexity index is 1050. The van der Waals surface area contributed by atoms with Crippen molar-refractivity contribution in [2.75, 3.05) is 30.6 Å². The van der Waals surface area contributed by atoms with E-state index in [4.69, 9.17) is 15.2 Å². The molecule has 10 heteroatoms. The molecule has 154 valence electrons. The van der Waals surface area contributed by atoms with Crippen LogP contribution in [0, 0.1) is 5.82 Å². The minimum Gasteiger partial charge on any atom is -0.465 e. The van der Waals surface area contributed by atoms with E-state index >= 15 is 0 Å². The Morgan fingerprint density at radius 2 is 1.37 bits per heavy atom. The lowest BCUT2D eigenvalue weighted by Gasteiger charge is -2.14. The van der Waals surface area contributed by atoms with Crippen molar-refractivity contribution in [2.24, 2.45) is 0 Å². The lowest BCUT2D eigenvalue weighted by atomic mass is 10.1. The fourth-order valence-corrected chi connectivity index (χ4v) is 2.57. The molecule has 0 aliphatic rings. The van der Waals surface area contributed by atoms with E-state index in [1.54, 1.807) is 0 Å². The molecule has 0 atom stereocenters. The second-order valence-corrected chi connectivity index (χ2v) is 6.02. The number of nitrogens with zero attached hydrogens (tertiary/aromatic N) is 2.